The van der Waals surface area contributed by atoms with Gasteiger partial charge in [-0.05, 0) is 6.92 Å². The predicted molar refractivity (Wildman–Crippen MR) is 144 cm³/mol. The fourth-order valence-corrected chi connectivity index (χ4v) is 2.21. The van der Waals surface area contributed by atoms with Crippen LogP contribution in [-0.4, -0.2) is 73.6 Å². The van der Waals surface area contributed by atoms with Gasteiger partial charge in [-0.1, -0.05) is 34.8 Å². The molecule has 0 saturated heterocycles. The Bertz CT molecular complexity index is 1300. The van der Waals surface area contributed by atoms with Crippen LogP contribution in [0.2, 0.25) is 15.5 Å². The summed E-state index contributed by atoms with van der Waals surface area (Å²) in [4.78, 5) is 63.9. The summed E-state index contributed by atoms with van der Waals surface area (Å²) in [6, 6.07) is 0. The molecule has 39 heavy (non-hydrogen) atoms. The number of nitrogens with two attached hydrogens (primary N) is 7. The average molecular weight is 610 g/mol. The molecule has 0 atom stereocenters. The van der Waals surface area contributed by atoms with Crippen molar-refractivity contribution in [1.29, 1.82) is 0 Å². The molecule has 2 aromatic rings. The molecule has 0 fully saturated rings. The standard InChI is InChI=1S/C8H10ClN7O3.C6H6Cl2N6O.C3H7NO/c9-4-6(13-1-2(17)18)15-5(10)3(14-4)7(19)16-8(11)12;7-2-3(8)13-4(9)1(12-2)5(15)14-6(10)11;1-3(5)2-4/h1H2,(H,17,18)(H3,10,13,15)(H4,11,12,16,19);(H2,9,13)(H4,10,11,14,15);2,4H2,1H3. The van der Waals surface area contributed by atoms with Gasteiger partial charge < -0.3 is 50.6 Å². The first-order valence-corrected chi connectivity index (χ1v) is 10.9. The van der Waals surface area contributed by atoms with Crippen LogP contribution in [-0.2, 0) is 9.59 Å². The molecule has 2 heterocycles. The van der Waals surface area contributed by atoms with E-state index in [0.717, 1.165) is 0 Å². The molecule has 0 aliphatic heterocycles. The predicted octanol–water partition coefficient (Wildman–Crippen LogP) is -2.06. The van der Waals surface area contributed by atoms with E-state index >= 15 is 0 Å². The largest absolute Gasteiger partial charge is 0.480 e. The molecule has 0 aliphatic carbocycles. The number of nitrogen functional groups attached to an aromatic ring is 2. The van der Waals surface area contributed by atoms with E-state index in [2.05, 4.69) is 35.2 Å². The highest BCUT2D eigenvalue weighted by Crippen LogP contribution is 2.21. The van der Waals surface area contributed by atoms with Crippen LogP contribution in [0.1, 0.15) is 27.9 Å². The Morgan fingerprint density at radius 3 is 1.56 bits per heavy atom. The van der Waals surface area contributed by atoms with E-state index < -0.39 is 36.2 Å². The highest BCUT2D eigenvalue weighted by molar-refractivity contribution is 6.40. The van der Waals surface area contributed by atoms with Gasteiger partial charge in [0.2, 0.25) is 0 Å². The first kappa shape index (κ1) is 34.4. The number of carboxylic acids is 1. The minimum Gasteiger partial charge on any atom is -0.480 e. The van der Waals surface area contributed by atoms with Gasteiger partial charge in [0.15, 0.2) is 56.2 Å². The highest BCUT2D eigenvalue weighted by atomic mass is 35.5. The summed E-state index contributed by atoms with van der Waals surface area (Å²) in [5, 5.41) is 10.4. The molecule has 22 heteroatoms. The van der Waals surface area contributed by atoms with Gasteiger partial charge in [0.05, 0.1) is 6.54 Å². The zero-order valence-corrected chi connectivity index (χ0v) is 22.1. The van der Waals surface area contributed by atoms with Gasteiger partial charge in [-0.3, -0.25) is 19.2 Å². The molecular formula is C17H23Cl3N14O5. The maximum Gasteiger partial charge on any atom is 0.322 e. The summed E-state index contributed by atoms with van der Waals surface area (Å²) in [6.45, 7) is 1.19. The maximum atomic E-state index is 11.5. The molecule has 0 radical (unpaired) electrons. The van der Waals surface area contributed by atoms with E-state index in [1.165, 1.54) is 6.92 Å². The van der Waals surface area contributed by atoms with Crippen LogP contribution in [0.3, 0.4) is 0 Å². The first-order chi connectivity index (χ1) is 18.0. The smallest absolute Gasteiger partial charge is 0.322 e. The third-order valence-electron chi connectivity index (χ3n) is 3.28. The molecule has 19 nitrogen and oxygen atoms in total. The van der Waals surface area contributed by atoms with Crippen molar-refractivity contribution < 1.29 is 24.3 Å². The van der Waals surface area contributed by atoms with Crippen molar-refractivity contribution >= 4 is 87.7 Å². The number of nitrogens with one attached hydrogen (secondary N) is 1. The minimum absolute atomic E-state index is 0.0324. The zero-order valence-electron chi connectivity index (χ0n) is 19.9. The van der Waals surface area contributed by atoms with Gasteiger partial charge >= 0.3 is 17.8 Å². The van der Waals surface area contributed by atoms with Crippen LogP contribution >= 0.6 is 34.8 Å². The van der Waals surface area contributed by atoms with Crippen LogP contribution < -0.4 is 45.5 Å². The van der Waals surface area contributed by atoms with Crippen LogP contribution in [0, 0.1) is 0 Å². The van der Waals surface area contributed by atoms with Gasteiger partial charge in [0.1, 0.15) is 12.3 Å². The lowest BCUT2D eigenvalue weighted by molar-refractivity contribution is -0.135. The molecule has 0 saturated carbocycles. The molecule has 2 amide bonds. The topological polar surface area (TPSA) is 359 Å². The van der Waals surface area contributed by atoms with Gasteiger partial charge in [-0.25, -0.2) is 19.9 Å². The number of aliphatic carboxylic acids is 1. The third kappa shape index (κ3) is 13.0. The summed E-state index contributed by atoms with van der Waals surface area (Å²) in [7, 11) is 0. The Kier molecular flexibility index (Phi) is 14.4. The lowest BCUT2D eigenvalue weighted by Crippen LogP contribution is -2.25. The summed E-state index contributed by atoms with van der Waals surface area (Å²) in [5.41, 5.74) is 35.2. The molecule has 0 unspecified atom stereocenters. The first-order valence-electron chi connectivity index (χ1n) is 9.74. The minimum atomic E-state index is -1.13. The molecule has 0 aromatic carbocycles. The van der Waals surface area contributed by atoms with Crippen LogP contribution in [0.4, 0.5) is 17.5 Å². The van der Waals surface area contributed by atoms with Crippen molar-refractivity contribution in [3.05, 3.63) is 26.8 Å². The number of carbonyl (C=O) groups excluding carboxylic acids is 3. The van der Waals surface area contributed by atoms with Gasteiger partial charge in [0.25, 0.3) is 0 Å². The number of hydrogen-bond donors (Lipinski definition) is 9. The van der Waals surface area contributed by atoms with Crippen LogP contribution in [0.25, 0.3) is 0 Å². The molecule has 212 valence electrons. The number of carbonyl (C=O) groups is 4. The van der Waals surface area contributed by atoms with Crippen LogP contribution in [0.5, 0.6) is 0 Å². The number of guanidine groups is 2. The number of rotatable bonds is 6. The van der Waals surface area contributed by atoms with E-state index in [1.54, 1.807) is 0 Å². The lowest BCUT2D eigenvalue weighted by Gasteiger charge is -2.07. The van der Waals surface area contributed by atoms with Crippen molar-refractivity contribution in [2.45, 2.75) is 6.92 Å². The highest BCUT2D eigenvalue weighted by Gasteiger charge is 2.17. The average Bonchev–Trinajstić information content (AvgIpc) is 2.81. The normalized spacial score (nSPS) is 9.46. The van der Waals surface area contributed by atoms with E-state index in [9.17, 15) is 19.2 Å². The van der Waals surface area contributed by atoms with Crippen molar-refractivity contribution in [2.75, 3.05) is 29.9 Å². The summed E-state index contributed by atoms with van der Waals surface area (Å²) >= 11 is 16.8. The fourth-order valence-electron chi connectivity index (χ4n) is 1.76. The summed E-state index contributed by atoms with van der Waals surface area (Å²) in [6.07, 6.45) is 0. The van der Waals surface area contributed by atoms with Gasteiger partial charge in [-0.15, -0.1) is 0 Å². The third-order valence-corrected chi connectivity index (χ3v) is 4.17. The van der Waals surface area contributed by atoms with Crippen molar-refractivity contribution in [2.24, 2.45) is 38.7 Å². The number of amides is 2. The fraction of sp³-hybridized carbons (Fsp3) is 0.176. The van der Waals surface area contributed by atoms with E-state index in [4.69, 9.17) is 80.0 Å². The molecule has 0 aliphatic rings. The number of ketones is 1. The maximum absolute atomic E-state index is 11.5. The van der Waals surface area contributed by atoms with Gasteiger partial charge in [0, 0.05) is 0 Å². The van der Waals surface area contributed by atoms with Crippen LogP contribution in [0.15, 0.2) is 9.98 Å². The molecule has 0 bridgehead atoms. The van der Waals surface area contributed by atoms with Gasteiger partial charge in [-0.2, -0.15) is 9.98 Å². The Balaban J connectivity index is 0.000000643. The molecular weight excluding hydrogens is 587 g/mol. The Morgan fingerprint density at radius 2 is 1.18 bits per heavy atom. The summed E-state index contributed by atoms with van der Waals surface area (Å²) < 4.78 is 0. The second-order valence-corrected chi connectivity index (χ2v) is 7.55. The number of Topliss-reactive ketones (excluding diaryl/α,β-unsaturated/α-hetero) is 1. The van der Waals surface area contributed by atoms with E-state index in [0.29, 0.717) is 0 Å². The number of halogens is 3. The second-order valence-electron chi connectivity index (χ2n) is 6.47. The second kappa shape index (κ2) is 16.3. The monoisotopic (exact) mass is 608 g/mol. The Hall–Kier alpha value is -4.59. The van der Waals surface area contributed by atoms with Crippen molar-refractivity contribution in [1.82, 2.24) is 19.9 Å². The zero-order chi connectivity index (χ0) is 30.4. The Labute approximate surface area is 234 Å². The molecule has 0 spiro atoms. The van der Waals surface area contributed by atoms with E-state index in [1.807, 2.05) is 0 Å². The van der Waals surface area contributed by atoms with Crippen molar-refractivity contribution in [3.63, 3.8) is 0 Å². The number of aliphatic imine (C=N–C) groups is 2. The quantitative estimate of drug-likeness (QED) is 0.125. The van der Waals surface area contributed by atoms with Crippen molar-refractivity contribution in [3.8, 4) is 0 Å². The number of nitrogens with zero attached hydrogens (tertiary/aromatic N) is 6. The molecule has 2 rings (SSSR count). The SMILES string of the molecule is CC(=O)CN.NC(N)=NC(=O)c1nc(Cl)c(Cl)nc1N.NC(N)=NC(=O)c1nc(Cl)c(NCC(=O)O)nc1N. The number of carboxylic acid groups (broad SMARTS) is 1. The lowest BCUT2D eigenvalue weighted by atomic mass is 10.4. The molecule has 2 aromatic heterocycles. The summed E-state index contributed by atoms with van der Waals surface area (Å²) in [5.74, 6) is -4.26. The number of anilines is 3. The van der Waals surface area contributed by atoms with E-state index in [-0.39, 0.29) is 56.6 Å². The Morgan fingerprint density at radius 1 is 0.795 bits per heavy atom. The number of aromatic nitrogens is 4. The molecule has 16 N–H and O–H groups in total. The number of hydrogen-bond acceptors (Lipinski definition) is 12.